The zero-order valence-corrected chi connectivity index (χ0v) is 11.8. The van der Waals surface area contributed by atoms with Gasteiger partial charge < -0.3 is 10.5 Å². The van der Waals surface area contributed by atoms with Crippen molar-refractivity contribution in [3.63, 3.8) is 0 Å². The second-order valence-electron chi connectivity index (χ2n) is 4.77. The lowest BCUT2D eigenvalue weighted by Gasteiger charge is -2.16. The van der Waals surface area contributed by atoms with Crippen LogP contribution in [0.2, 0.25) is 0 Å². The summed E-state index contributed by atoms with van der Waals surface area (Å²) in [5.41, 5.74) is 6.50. The second-order valence-corrected chi connectivity index (χ2v) is 6.49. The van der Waals surface area contributed by atoms with E-state index >= 15 is 0 Å². The predicted molar refractivity (Wildman–Crippen MR) is 73.3 cm³/mol. The Hall–Kier alpha value is -0.950. The Morgan fingerprint density at radius 2 is 2.05 bits per heavy atom. The van der Waals surface area contributed by atoms with Crippen molar-refractivity contribution in [3.05, 3.63) is 29.8 Å². The summed E-state index contributed by atoms with van der Waals surface area (Å²) in [4.78, 5) is 0.285. The molecule has 1 saturated heterocycles. The van der Waals surface area contributed by atoms with Crippen LogP contribution >= 0.6 is 0 Å². The first-order valence-electron chi connectivity index (χ1n) is 6.46. The van der Waals surface area contributed by atoms with Crippen LogP contribution in [0.3, 0.4) is 0 Å². The highest BCUT2D eigenvalue weighted by Crippen LogP contribution is 2.17. The molecule has 1 aliphatic rings. The van der Waals surface area contributed by atoms with Crippen molar-refractivity contribution in [1.82, 2.24) is 4.72 Å². The van der Waals surface area contributed by atoms with Crippen LogP contribution in [0.4, 0.5) is 0 Å². The smallest absolute Gasteiger partial charge is 0.240 e. The molecule has 19 heavy (non-hydrogen) atoms. The summed E-state index contributed by atoms with van der Waals surface area (Å²) in [6, 6.07) is 6.70. The number of benzene rings is 1. The molecule has 1 aromatic carbocycles. The standard InChI is InChI=1S/C13H20N2O3S/c1-10-13(7-9-18-10)15-19(16,17)12-4-2-11(3-5-12)6-8-14/h2-5,10,13,15H,6-9,14H2,1H3. The molecule has 1 aromatic rings. The highest BCUT2D eigenvalue weighted by Gasteiger charge is 2.29. The maximum atomic E-state index is 12.2. The molecule has 0 amide bonds. The molecule has 0 radical (unpaired) electrons. The number of hydrogen-bond donors (Lipinski definition) is 2. The Morgan fingerprint density at radius 3 is 2.58 bits per heavy atom. The molecule has 2 atom stereocenters. The van der Waals surface area contributed by atoms with E-state index < -0.39 is 10.0 Å². The quantitative estimate of drug-likeness (QED) is 0.831. The Morgan fingerprint density at radius 1 is 1.37 bits per heavy atom. The number of ether oxygens (including phenoxy) is 1. The first kappa shape index (κ1) is 14.5. The van der Waals surface area contributed by atoms with Crippen LogP contribution in [0, 0.1) is 0 Å². The van der Waals surface area contributed by atoms with Crippen LogP contribution in [0.25, 0.3) is 0 Å². The van der Waals surface area contributed by atoms with Gasteiger partial charge in [0.2, 0.25) is 10.0 Å². The fourth-order valence-electron chi connectivity index (χ4n) is 2.16. The minimum absolute atomic E-state index is 0.0775. The van der Waals surface area contributed by atoms with Gasteiger partial charge in [-0.05, 0) is 44.0 Å². The van der Waals surface area contributed by atoms with Crippen LogP contribution in [-0.2, 0) is 21.2 Å². The van der Waals surface area contributed by atoms with Crippen LogP contribution in [-0.4, -0.2) is 33.7 Å². The van der Waals surface area contributed by atoms with Crippen molar-refractivity contribution in [2.24, 2.45) is 5.73 Å². The van der Waals surface area contributed by atoms with Gasteiger partial charge in [0.15, 0.2) is 0 Å². The minimum Gasteiger partial charge on any atom is -0.377 e. The van der Waals surface area contributed by atoms with E-state index in [-0.39, 0.29) is 17.0 Å². The van der Waals surface area contributed by atoms with E-state index in [0.29, 0.717) is 19.6 Å². The van der Waals surface area contributed by atoms with Gasteiger partial charge >= 0.3 is 0 Å². The largest absolute Gasteiger partial charge is 0.377 e. The zero-order chi connectivity index (χ0) is 13.9. The van der Waals surface area contributed by atoms with Crippen molar-refractivity contribution in [1.29, 1.82) is 0 Å². The fraction of sp³-hybridized carbons (Fsp3) is 0.538. The van der Waals surface area contributed by atoms with Gasteiger partial charge in [0.25, 0.3) is 0 Å². The molecule has 5 nitrogen and oxygen atoms in total. The second kappa shape index (κ2) is 6.00. The topological polar surface area (TPSA) is 81.4 Å². The molecule has 0 spiro atoms. The van der Waals surface area contributed by atoms with Gasteiger partial charge in [-0.1, -0.05) is 12.1 Å². The van der Waals surface area contributed by atoms with Crippen molar-refractivity contribution >= 4 is 10.0 Å². The van der Waals surface area contributed by atoms with Gasteiger partial charge in [-0.3, -0.25) is 0 Å². The minimum atomic E-state index is -3.47. The van der Waals surface area contributed by atoms with Gasteiger partial charge in [0.05, 0.1) is 17.0 Å². The number of nitrogens with one attached hydrogen (secondary N) is 1. The SMILES string of the molecule is CC1OCCC1NS(=O)(=O)c1ccc(CCN)cc1. The van der Waals surface area contributed by atoms with Crippen LogP contribution in [0.5, 0.6) is 0 Å². The number of hydrogen-bond acceptors (Lipinski definition) is 4. The molecule has 3 N–H and O–H groups in total. The van der Waals surface area contributed by atoms with E-state index in [1.165, 1.54) is 0 Å². The Bertz CT molecular complexity index is 513. The first-order valence-corrected chi connectivity index (χ1v) is 7.94. The van der Waals surface area contributed by atoms with Crippen molar-refractivity contribution in [3.8, 4) is 0 Å². The van der Waals surface area contributed by atoms with Crippen LogP contribution in [0.1, 0.15) is 18.9 Å². The summed E-state index contributed by atoms with van der Waals surface area (Å²) >= 11 is 0. The normalized spacial score (nSPS) is 23.7. The van der Waals surface area contributed by atoms with Gasteiger partial charge in [0, 0.05) is 6.61 Å². The molecule has 106 valence electrons. The van der Waals surface area contributed by atoms with Gasteiger partial charge in [-0.2, -0.15) is 0 Å². The lowest BCUT2D eigenvalue weighted by Crippen LogP contribution is -2.39. The Balaban J connectivity index is 2.10. The zero-order valence-electron chi connectivity index (χ0n) is 11.0. The number of nitrogens with two attached hydrogens (primary N) is 1. The molecule has 0 bridgehead atoms. The van der Waals surface area contributed by atoms with E-state index in [1.54, 1.807) is 24.3 Å². The third kappa shape index (κ3) is 3.54. The summed E-state index contributed by atoms with van der Waals surface area (Å²) in [5, 5.41) is 0. The van der Waals surface area contributed by atoms with Crippen molar-refractivity contribution in [2.45, 2.75) is 36.8 Å². The summed E-state index contributed by atoms with van der Waals surface area (Å²) in [5.74, 6) is 0. The molecule has 0 aliphatic carbocycles. The maximum absolute atomic E-state index is 12.2. The Kier molecular flexibility index (Phi) is 4.57. The van der Waals surface area contributed by atoms with Gasteiger partial charge in [-0.25, -0.2) is 13.1 Å². The summed E-state index contributed by atoms with van der Waals surface area (Å²) in [7, 11) is -3.47. The van der Waals surface area contributed by atoms with Crippen LogP contribution in [0.15, 0.2) is 29.2 Å². The third-order valence-electron chi connectivity index (χ3n) is 3.35. The molecule has 2 rings (SSSR count). The molecule has 1 aliphatic heterocycles. The third-order valence-corrected chi connectivity index (χ3v) is 4.86. The highest BCUT2D eigenvalue weighted by atomic mass is 32.2. The lowest BCUT2D eigenvalue weighted by atomic mass is 10.2. The molecule has 0 saturated carbocycles. The average Bonchev–Trinajstić information content (AvgIpc) is 2.75. The number of sulfonamides is 1. The highest BCUT2D eigenvalue weighted by molar-refractivity contribution is 7.89. The van der Waals surface area contributed by atoms with Crippen LogP contribution < -0.4 is 10.5 Å². The number of rotatable bonds is 5. The predicted octanol–water partition coefficient (Wildman–Crippen LogP) is 0.644. The molecule has 2 unspecified atom stereocenters. The monoisotopic (exact) mass is 284 g/mol. The molecular formula is C13H20N2O3S. The average molecular weight is 284 g/mol. The van der Waals surface area contributed by atoms with E-state index in [2.05, 4.69) is 4.72 Å². The van der Waals surface area contributed by atoms with Crippen molar-refractivity contribution < 1.29 is 13.2 Å². The first-order chi connectivity index (χ1) is 9.03. The van der Waals surface area contributed by atoms with Crippen molar-refractivity contribution in [2.75, 3.05) is 13.2 Å². The molecule has 6 heteroatoms. The fourth-order valence-corrected chi connectivity index (χ4v) is 3.49. The summed E-state index contributed by atoms with van der Waals surface area (Å²) in [6.45, 7) is 3.04. The molecule has 1 fully saturated rings. The van der Waals surface area contributed by atoms with Gasteiger partial charge in [-0.15, -0.1) is 0 Å². The maximum Gasteiger partial charge on any atom is 0.240 e. The molecule has 0 aromatic heterocycles. The van der Waals surface area contributed by atoms with E-state index in [0.717, 1.165) is 12.0 Å². The molecular weight excluding hydrogens is 264 g/mol. The van der Waals surface area contributed by atoms with E-state index in [1.807, 2.05) is 6.92 Å². The van der Waals surface area contributed by atoms with Gasteiger partial charge in [0.1, 0.15) is 0 Å². The lowest BCUT2D eigenvalue weighted by molar-refractivity contribution is 0.117. The summed E-state index contributed by atoms with van der Waals surface area (Å²) < 4.78 is 32.5. The van der Waals surface area contributed by atoms with E-state index in [9.17, 15) is 8.42 Å². The summed E-state index contributed by atoms with van der Waals surface area (Å²) in [6.07, 6.45) is 1.39. The van der Waals surface area contributed by atoms with E-state index in [4.69, 9.17) is 10.5 Å². The Labute approximate surface area is 114 Å². The molecule has 1 heterocycles.